The van der Waals surface area contributed by atoms with Crippen LogP contribution in [0.4, 0.5) is 5.69 Å². The molecule has 1 aliphatic heterocycles. The smallest absolute Gasteiger partial charge is 0.248 e. The first kappa shape index (κ1) is 30.2. The van der Waals surface area contributed by atoms with Gasteiger partial charge in [0, 0.05) is 31.6 Å². The maximum absolute atomic E-state index is 12.1. The summed E-state index contributed by atoms with van der Waals surface area (Å²) in [5, 5.41) is 28.7. The normalized spacial score (nSPS) is 15.2. The van der Waals surface area contributed by atoms with Gasteiger partial charge in [0.15, 0.2) is 6.19 Å². The fourth-order valence-electron chi connectivity index (χ4n) is 4.04. The van der Waals surface area contributed by atoms with E-state index in [0.717, 1.165) is 17.8 Å². The molecule has 208 valence electrons. The van der Waals surface area contributed by atoms with Gasteiger partial charge in [0.25, 0.3) is 0 Å². The van der Waals surface area contributed by atoms with E-state index < -0.39 is 6.61 Å². The summed E-state index contributed by atoms with van der Waals surface area (Å²) in [5.74, 6) is 0.472. The predicted molar refractivity (Wildman–Crippen MR) is 153 cm³/mol. The van der Waals surface area contributed by atoms with Crippen molar-refractivity contribution < 1.29 is 14.6 Å². The molecule has 1 unspecified atom stereocenters. The molecule has 10 nitrogen and oxygen atoms in total. The number of guanidine groups is 1. The Morgan fingerprint density at radius 2 is 2.05 bits per heavy atom. The number of hydrogen-bond donors (Lipinski definition) is 2. The molecule has 0 fully saturated rings. The zero-order chi connectivity index (χ0) is 28.4. The highest BCUT2D eigenvalue weighted by atomic mass is 35.5. The lowest BCUT2D eigenvalue weighted by atomic mass is 9.94. The van der Waals surface area contributed by atoms with E-state index >= 15 is 0 Å². The summed E-state index contributed by atoms with van der Waals surface area (Å²) in [6.07, 6.45) is 2.52. The van der Waals surface area contributed by atoms with E-state index in [9.17, 15) is 15.2 Å². The Hall–Kier alpha value is -3.36. The number of carbonyl (C=O) groups is 1. The van der Waals surface area contributed by atoms with Crippen molar-refractivity contribution in [3.63, 3.8) is 0 Å². The van der Waals surface area contributed by atoms with Crippen molar-refractivity contribution >= 4 is 46.5 Å². The molecule has 0 aliphatic carbocycles. The quantitative estimate of drug-likeness (QED) is 0.183. The van der Waals surface area contributed by atoms with Crippen LogP contribution in [0.3, 0.4) is 0 Å². The zero-order valence-corrected chi connectivity index (χ0v) is 23.8. The average molecular weight is 575 g/mol. The fraction of sp³-hybridized carbons (Fsp3) is 0.407. The fourth-order valence-corrected chi connectivity index (χ4v) is 4.34. The minimum atomic E-state index is -0.542. The van der Waals surface area contributed by atoms with Crippen molar-refractivity contribution in [2.24, 2.45) is 16.0 Å². The summed E-state index contributed by atoms with van der Waals surface area (Å²) >= 11 is 12.4. The first-order chi connectivity index (χ1) is 18.7. The first-order valence-electron chi connectivity index (χ1n) is 12.6. The van der Waals surface area contributed by atoms with Gasteiger partial charge >= 0.3 is 0 Å². The van der Waals surface area contributed by atoms with E-state index in [2.05, 4.69) is 10.3 Å². The molecule has 1 aliphatic rings. The number of benzene rings is 2. The van der Waals surface area contributed by atoms with Gasteiger partial charge in [0.05, 0.1) is 28.0 Å². The number of carbonyl (C=O) groups excluding carboxylic acids is 1. The van der Waals surface area contributed by atoms with E-state index in [1.54, 1.807) is 28.1 Å². The van der Waals surface area contributed by atoms with Crippen molar-refractivity contribution in [3.05, 3.63) is 58.1 Å². The third-order valence-electron chi connectivity index (χ3n) is 6.11. The summed E-state index contributed by atoms with van der Waals surface area (Å²) in [6.45, 7) is 3.94. The van der Waals surface area contributed by atoms with Gasteiger partial charge in [0.1, 0.15) is 19.0 Å². The van der Waals surface area contributed by atoms with Crippen LogP contribution in [0.25, 0.3) is 0 Å². The van der Waals surface area contributed by atoms with Crippen LogP contribution in [0.2, 0.25) is 10.0 Å². The summed E-state index contributed by atoms with van der Waals surface area (Å²) in [6, 6.07) is 12.6. The predicted octanol–water partition coefficient (Wildman–Crippen LogP) is 3.56. The van der Waals surface area contributed by atoms with Crippen LogP contribution >= 0.6 is 23.2 Å². The molecule has 0 saturated carbocycles. The number of likely N-dealkylation sites (N-methyl/N-ethyl adjacent to an activating group) is 2. The lowest BCUT2D eigenvalue weighted by Crippen LogP contribution is -2.37. The zero-order valence-electron chi connectivity index (χ0n) is 22.3. The number of hydrogen-bond acceptors (Lipinski definition) is 7. The molecule has 0 saturated heterocycles. The Morgan fingerprint density at radius 1 is 1.26 bits per heavy atom. The SMILES string of the molecule is CCN(CCC1CN(C(=Nc2cccc(OCCN(C)C)c2)NC#N)N=C1c1ccc(Cl)c(Cl)c1)C(=O)CO. The highest BCUT2D eigenvalue weighted by Crippen LogP contribution is 2.29. The molecular weight excluding hydrogens is 541 g/mol. The molecule has 2 N–H and O–H groups in total. The number of amides is 1. The Morgan fingerprint density at radius 3 is 2.72 bits per heavy atom. The lowest BCUT2D eigenvalue weighted by Gasteiger charge is -2.23. The standard InChI is InChI=1S/C27H33Cl2N7O3/c1-4-35(25(38)17-37)11-10-20-16-36(33-26(20)19-8-9-23(28)24(29)14-19)27(31-18-30)32-21-6-5-7-22(15-21)39-13-12-34(2)3/h5-9,14-15,20,37H,4,10-13,16-17H2,1-3H3,(H,31,32). The van der Waals surface area contributed by atoms with E-state index in [4.69, 9.17) is 33.0 Å². The Kier molecular flexibility index (Phi) is 11.4. The number of aliphatic hydroxyl groups is 1. The highest BCUT2D eigenvalue weighted by molar-refractivity contribution is 6.42. The van der Waals surface area contributed by atoms with Crippen molar-refractivity contribution in [1.82, 2.24) is 20.1 Å². The van der Waals surface area contributed by atoms with E-state index in [1.807, 2.05) is 56.4 Å². The molecular formula is C27H33Cl2N7O3. The van der Waals surface area contributed by atoms with Crippen molar-refractivity contribution in [1.29, 1.82) is 5.26 Å². The van der Waals surface area contributed by atoms with Crippen molar-refractivity contribution in [3.8, 4) is 11.9 Å². The number of aliphatic hydroxyl groups excluding tert-OH is 1. The number of ether oxygens (including phenoxy) is 1. The van der Waals surface area contributed by atoms with Crippen LogP contribution in [0.5, 0.6) is 5.75 Å². The minimum absolute atomic E-state index is 0.117. The summed E-state index contributed by atoms with van der Waals surface area (Å²) in [7, 11) is 3.95. The second kappa shape index (κ2) is 14.7. The minimum Gasteiger partial charge on any atom is -0.492 e. The Bertz CT molecular complexity index is 1250. The van der Waals surface area contributed by atoms with Gasteiger partial charge in [0.2, 0.25) is 11.9 Å². The van der Waals surface area contributed by atoms with Gasteiger partial charge in [-0.1, -0.05) is 35.3 Å². The van der Waals surface area contributed by atoms with Crippen LogP contribution in [-0.2, 0) is 4.79 Å². The monoisotopic (exact) mass is 573 g/mol. The van der Waals surface area contributed by atoms with Gasteiger partial charge in [-0.3, -0.25) is 10.1 Å². The molecule has 0 spiro atoms. The van der Waals surface area contributed by atoms with Gasteiger partial charge in [-0.05, 0) is 57.3 Å². The molecule has 12 heteroatoms. The Balaban J connectivity index is 1.90. The van der Waals surface area contributed by atoms with Crippen LogP contribution in [0, 0.1) is 17.4 Å². The summed E-state index contributed by atoms with van der Waals surface area (Å²) < 4.78 is 5.82. The number of halogens is 2. The largest absolute Gasteiger partial charge is 0.492 e. The van der Waals surface area contributed by atoms with Crippen molar-refractivity contribution in [2.75, 3.05) is 53.5 Å². The number of nitrogens with zero attached hydrogens (tertiary/aromatic N) is 6. The summed E-state index contributed by atoms with van der Waals surface area (Å²) in [4.78, 5) is 20.4. The third-order valence-corrected chi connectivity index (χ3v) is 6.85. The molecule has 39 heavy (non-hydrogen) atoms. The maximum Gasteiger partial charge on any atom is 0.248 e. The summed E-state index contributed by atoms with van der Waals surface area (Å²) in [5.41, 5.74) is 2.10. The lowest BCUT2D eigenvalue weighted by molar-refractivity contribution is -0.134. The topological polar surface area (TPSA) is 117 Å². The molecule has 2 aromatic carbocycles. The molecule has 1 atom stereocenters. The van der Waals surface area contributed by atoms with E-state index in [-0.39, 0.29) is 17.8 Å². The number of nitrogens with one attached hydrogen (secondary N) is 1. The number of hydrazone groups is 1. The molecule has 1 heterocycles. The molecule has 3 rings (SSSR count). The number of rotatable bonds is 11. The third kappa shape index (κ3) is 8.57. The highest BCUT2D eigenvalue weighted by Gasteiger charge is 2.31. The van der Waals surface area contributed by atoms with Gasteiger partial charge < -0.3 is 19.6 Å². The molecule has 2 aromatic rings. The second-order valence-electron chi connectivity index (χ2n) is 9.13. The van der Waals surface area contributed by atoms with E-state index in [1.165, 1.54) is 0 Å². The van der Waals surface area contributed by atoms with Crippen LogP contribution < -0.4 is 10.1 Å². The van der Waals surface area contributed by atoms with Crippen molar-refractivity contribution in [2.45, 2.75) is 13.3 Å². The van der Waals surface area contributed by atoms with Crippen LogP contribution in [0.1, 0.15) is 18.9 Å². The van der Waals surface area contributed by atoms with Crippen LogP contribution in [-0.4, -0.2) is 91.0 Å². The molecule has 1 amide bonds. The Labute approximate surface area is 239 Å². The van der Waals surface area contributed by atoms with E-state index in [0.29, 0.717) is 54.1 Å². The van der Waals surface area contributed by atoms with Gasteiger partial charge in [-0.25, -0.2) is 10.0 Å². The number of nitriles is 1. The average Bonchev–Trinajstić information content (AvgIpc) is 3.34. The van der Waals surface area contributed by atoms with Crippen LogP contribution in [0.15, 0.2) is 52.6 Å². The second-order valence-corrected chi connectivity index (χ2v) is 9.95. The molecule has 0 radical (unpaired) electrons. The van der Waals surface area contributed by atoms with Gasteiger partial charge in [-0.15, -0.1) is 0 Å². The molecule has 0 aromatic heterocycles. The molecule has 0 bridgehead atoms. The maximum atomic E-state index is 12.1. The number of aliphatic imine (C=N–C) groups is 1. The van der Waals surface area contributed by atoms with Gasteiger partial charge in [-0.2, -0.15) is 10.4 Å². The first-order valence-corrected chi connectivity index (χ1v) is 13.3.